The summed E-state index contributed by atoms with van der Waals surface area (Å²) in [4.78, 5) is 0. The van der Waals surface area contributed by atoms with Crippen molar-refractivity contribution < 1.29 is 9.15 Å². The van der Waals surface area contributed by atoms with Crippen LogP contribution in [0.25, 0.3) is 11.3 Å². The van der Waals surface area contributed by atoms with Crippen LogP contribution < -0.4 is 5.73 Å². The number of benzene rings is 1. The topological polar surface area (TPSA) is 48.4 Å². The highest BCUT2D eigenvalue weighted by Crippen LogP contribution is 2.29. The first-order valence-electron chi connectivity index (χ1n) is 5.79. The molecule has 1 aliphatic rings. The molecule has 2 N–H and O–H groups in total. The second-order valence-electron chi connectivity index (χ2n) is 4.47. The van der Waals surface area contributed by atoms with E-state index in [-0.39, 0.29) is 6.04 Å². The van der Waals surface area contributed by atoms with E-state index in [1.54, 1.807) is 0 Å². The summed E-state index contributed by atoms with van der Waals surface area (Å²) in [6.07, 6.45) is 0. The number of hydrogen-bond acceptors (Lipinski definition) is 3. The van der Waals surface area contributed by atoms with E-state index in [9.17, 15) is 0 Å². The SMILES string of the molecule is CC(N)c1ccc(-c2ccc3c(c2)COC3)o1. The first-order valence-corrected chi connectivity index (χ1v) is 5.79. The predicted molar refractivity (Wildman–Crippen MR) is 65.2 cm³/mol. The zero-order valence-corrected chi connectivity index (χ0v) is 9.77. The minimum absolute atomic E-state index is 0.0680. The molecule has 0 aliphatic carbocycles. The van der Waals surface area contributed by atoms with Crippen LogP contribution in [0.3, 0.4) is 0 Å². The lowest BCUT2D eigenvalue weighted by Gasteiger charge is -2.02. The second-order valence-corrected chi connectivity index (χ2v) is 4.47. The Balaban J connectivity index is 1.97. The molecule has 3 rings (SSSR count). The molecular weight excluding hydrogens is 214 g/mol. The quantitative estimate of drug-likeness (QED) is 0.861. The second kappa shape index (κ2) is 4.02. The van der Waals surface area contributed by atoms with Crippen LogP contribution in [0.5, 0.6) is 0 Å². The first kappa shape index (κ1) is 10.6. The van der Waals surface area contributed by atoms with E-state index >= 15 is 0 Å². The highest BCUT2D eigenvalue weighted by atomic mass is 16.5. The molecule has 1 aliphatic heterocycles. The van der Waals surface area contributed by atoms with Gasteiger partial charge in [0.15, 0.2) is 0 Å². The molecule has 0 saturated carbocycles. The standard InChI is InChI=1S/C14H15NO2/c1-9(15)13-4-5-14(17-13)10-2-3-11-7-16-8-12(11)6-10/h2-6,9H,7-8,15H2,1H3. The van der Waals surface area contributed by atoms with Gasteiger partial charge in [-0.15, -0.1) is 0 Å². The van der Waals surface area contributed by atoms with Crippen molar-refractivity contribution in [2.45, 2.75) is 26.2 Å². The molecule has 0 radical (unpaired) electrons. The average Bonchev–Trinajstić information content (AvgIpc) is 2.97. The number of rotatable bonds is 2. The van der Waals surface area contributed by atoms with Crippen LogP contribution >= 0.6 is 0 Å². The highest BCUT2D eigenvalue weighted by molar-refractivity contribution is 5.60. The monoisotopic (exact) mass is 229 g/mol. The Hall–Kier alpha value is -1.58. The summed E-state index contributed by atoms with van der Waals surface area (Å²) in [5.74, 6) is 1.68. The Labute approximate surface area is 100 Å². The molecule has 1 atom stereocenters. The van der Waals surface area contributed by atoms with Crippen LogP contribution in [0, 0.1) is 0 Å². The highest BCUT2D eigenvalue weighted by Gasteiger charge is 2.14. The molecule has 0 saturated heterocycles. The van der Waals surface area contributed by atoms with Gasteiger partial charge in [-0.1, -0.05) is 12.1 Å². The van der Waals surface area contributed by atoms with Gasteiger partial charge in [0.2, 0.25) is 0 Å². The van der Waals surface area contributed by atoms with Crippen molar-refractivity contribution in [3.63, 3.8) is 0 Å². The third kappa shape index (κ3) is 1.88. The summed E-state index contributed by atoms with van der Waals surface area (Å²) >= 11 is 0. The molecule has 1 aromatic heterocycles. The van der Waals surface area contributed by atoms with E-state index < -0.39 is 0 Å². The van der Waals surface area contributed by atoms with E-state index in [0.717, 1.165) is 23.7 Å². The zero-order chi connectivity index (χ0) is 11.8. The maximum absolute atomic E-state index is 5.78. The predicted octanol–water partition coefficient (Wildman–Crippen LogP) is 3.00. The lowest BCUT2D eigenvalue weighted by Crippen LogP contribution is -2.02. The van der Waals surface area contributed by atoms with Crippen LogP contribution in [0.4, 0.5) is 0 Å². The molecule has 0 fully saturated rings. The molecule has 0 bridgehead atoms. The van der Waals surface area contributed by atoms with Gasteiger partial charge in [-0.2, -0.15) is 0 Å². The van der Waals surface area contributed by atoms with Crippen molar-refractivity contribution in [1.29, 1.82) is 0 Å². The smallest absolute Gasteiger partial charge is 0.134 e. The molecule has 3 heteroatoms. The summed E-state index contributed by atoms with van der Waals surface area (Å²) in [7, 11) is 0. The Morgan fingerprint density at radius 3 is 2.71 bits per heavy atom. The molecule has 88 valence electrons. The van der Waals surface area contributed by atoms with E-state index in [1.807, 2.05) is 19.1 Å². The van der Waals surface area contributed by atoms with Crippen molar-refractivity contribution in [2.24, 2.45) is 5.73 Å². The van der Waals surface area contributed by atoms with Crippen molar-refractivity contribution in [3.8, 4) is 11.3 Å². The fourth-order valence-corrected chi connectivity index (χ4v) is 2.08. The van der Waals surface area contributed by atoms with Crippen molar-refractivity contribution in [2.75, 3.05) is 0 Å². The van der Waals surface area contributed by atoms with Gasteiger partial charge in [0.1, 0.15) is 11.5 Å². The van der Waals surface area contributed by atoms with Crippen LogP contribution in [-0.2, 0) is 18.0 Å². The van der Waals surface area contributed by atoms with Gasteiger partial charge in [-0.05, 0) is 36.2 Å². The van der Waals surface area contributed by atoms with Crippen LogP contribution in [-0.4, -0.2) is 0 Å². The van der Waals surface area contributed by atoms with E-state index in [0.29, 0.717) is 6.61 Å². The Morgan fingerprint density at radius 1 is 1.12 bits per heavy atom. The molecular formula is C14H15NO2. The molecule has 3 nitrogen and oxygen atoms in total. The van der Waals surface area contributed by atoms with E-state index in [2.05, 4.69) is 18.2 Å². The Bertz CT molecular complexity index is 543. The minimum atomic E-state index is -0.0680. The molecule has 1 unspecified atom stereocenters. The van der Waals surface area contributed by atoms with Crippen molar-refractivity contribution >= 4 is 0 Å². The normalized spacial score (nSPS) is 15.9. The van der Waals surface area contributed by atoms with Crippen LogP contribution in [0.15, 0.2) is 34.7 Å². The van der Waals surface area contributed by atoms with Gasteiger partial charge in [-0.3, -0.25) is 0 Å². The fraction of sp³-hybridized carbons (Fsp3) is 0.286. The molecule has 0 spiro atoms. The number of ether oxygens (including phenoxy) is 1. The van der Waals surface area contributed by atoms with E-state index in [4.69, 9.17) is 14.9 Å². The molecule has 2 heterocycles. The third-order valence-corrected chi connectivity index (χ3v) is 3.08. The largest absolute Gasteiger partial charge is 0.459 e. The number of fused-ring (bicyclic) bond motifs is 1. The molecule has 0 amide bonds. The molecule has 2 aromatic rings. The lowest BCUT2D eigenvalue weighted by molar-refractivity contribution is 0.134. The average molecular weight is 229 g/mol. The van der Waals surface area contributed by atoms with Crippen molar-refractivity contribution in [3.05, 3.63) is 47.2 Å². The minimum Gasteiger partial charge on any atom is -0.459 e. The van der Waals surface area contributed by atoms with Gasteiger partial charge in [-0.25, -0.2) is 0 Å². The first-order chi connectivity index (χ1) is 8.24. The van der Waals surface area contributed by atoms with Gasteiger partial charge in [0.05, 0.1) is 19.3 Å². The van der Waals surface area contributed by atoms with Gasteiger partial charge in [0, 0.05) is 5.56 Å². The molecule has 1 aromatic carbocycles. The maximum Gasteiger partial charge on any atom is 0.134 e. The fourth-order valence-electron chi connectivity index (χ4n) is 2.08. The van der Waals surface area contributed by atoms with Crippen molar-refractivity contribution in [1.82, 2.24) is 0 Å². The summed E-state index contributed by atoms with van der Waals surface area (Å²) in [6, 6.07) is 10.1. The Kier molecular flexibility index (Phi) is 2.50. The van der Waals surface area contributed by atoms with Gasteiger partial charge < -0.3 is 14.9 Å². The summed E-state index contributed by atoms with van der Waals surface area (Å²) < 4.78 is 11.1. The number of nitrogens with two attached hydrogens (primary N) is 1. The number of furan rings is 1. The van der Waals surface area contributed by atoms with Gasteiger partial charge >= 0.3 is 0 Å². The summed E-state index contributed by atoms with van der Waals surface area (Å²) in [5.41, 5.74) is 9.39. The van der Waals surface area contributed by atoms with Crippen LogP contribution in [0.2, 0.25) is 0 Å². The lowest BCUT2D eigenvalue weighted by atomic mass is 10.1. The third-order valence-electron chi connectivity index (χ3n) is 3.08. The zero-order valence-electron chi connectivity index (χ0n) is 9.77. The summed E-state index contributed by atoms with van der Waals surface area (Å²) in [6.45, 7) is 3.34. The summed E-state index contributed by atoms with van der Waals surface area (Å²) in [5, 5.41) is 0. The van der Waals surface area contributed by atoms with E-state index in [1.165, 1.54) is 11.1 Å². The van der Waals surface area contributed by atoms with Gasteiger partial charge in [0.25, 0.3) is 0 Å². The number of hydrogen-bond donors (Lipinski definition) is 1. The maximum atomic E-state index is 5.78. The van der Waals surface area contributed by atoms with Crippen LogP contribution in [0.1, 0.15) is 29.9 Å². The molecule has 17 heavy (non-hydrogen) atoms. The Morgan fingerprint density at radius 2 is 1.94 bits per heavy atom.